The second-order valence-corrected chi connectivity index (χ2v) is 12.6. The van der Waals surface area contributed by atoms with Gasteiger partial charge in [0.25, 0.3) is 0 Å². The number of carbonyl (C=O) groups excluding carboxylic acids is 3. The smallest absolute Gasteiger partial charge is 0.329 e. The third-order valence-corrected chi connectivity index (χ3v) is 10.2. The Labute approximate surface area is 245 Å². The highest BCUT2D eigenvalue weighted by Gasteiger charge is 2.74. The average Bonchev–Trinajstić information content (AvgIpc) is 3.19. The number of carbonyl (C=O) groups is 3. The van der Waals surface area contributed by atoms with Gasteiger partial charge in [-0.2, -0.15) is 0 Å². The van der Waals surface area contributed by atoms with Gasteiger partial charge in [-0.25, -0.2) is 4.79 Å². The molecule has 2 amide bonds. The number of likely N-dealkylation sites (tertiary alicyclic amines) is 1. The molecular formula is C30H23Cl4NO4. The first-order valence-electron chi connectivity index (χ1n) is 12.6. The highest BCUT2D eigenvalue weighted by atomic mass is 35.5. The van der Waals surface area contributed by atoms with Gasteiger partial charge in [0, 0.05) is 0 Å². The normalized spacial score (nSPS) is 27.3. The zero-order valence-electron chi connectivity index (χ0n) is 21.0. The molecule has 7 rings (SSSR count). The van der Waals surface area contributed by atoms with E-state index in [0.717, 1.165) is 4.90 Å². The second-order valence-electron chi connectivity index (χ2n) is 10.6. The molecule has 0 spiro atoms. The Hall–Kier alpha value is -2.57. The topological polar surface area (TPSA) is 63.7 Å². The number of amides is 2. The molecule has 1 saturated heterocycles. The van der Waals surface area contributed by atoms with Gasteiger partial charge < -0.3 is 4.74 Å². The molecule has 0 saturated carbocycles. The van der Waals surface area contributed by atoms with Crippen molar-refractivity contribution in [3.8, 4) is 0 Å². The third-order valence-electron chi connectivity index (χ3n) is 8.14. The van der Waals surface area contributed by atoms with Gasteiger partial charge in [-0.15, -0.1) is 23.2 Å². The van der Waals surface area contributed by atoms with Crippen LogP contribution in [-0.4, -0.2) is 28.7 Å². The number of esters is 1. The molecule has 0 radical (unpaired) electrons. The van der Waals surface area contributed by atoms with Gasteiger partial charge in [-0.1, -0.05) is 91.6 Å². The number of benzene rings is 3. The van der Waals surface area contributed by atoms with Gasteiger partial charge in [0.05, 0.1) is 21.9 Å². The molecule has 200 valence electrons. The van der Waals surface area contributed by atoms with Gasteiger partial charge in [0.1, 0.15) is 22.4 Å². The van der Waals surface area contributed by atoms with Crippen LogP contribution >= 0.6 is 46.4 Å². The van der Waals surface area contributed by atoms with Crippen molar-refractivity contribution in [1.29, 1.82) is 0 Å². The SMILES string of the molecule is CC(C)[C@@H](C(=O)OCc1ccc(Cl)c(Cl)c1)N1C(=O)[C@@H]2[C@@H](C1=O)C1(Cl)c3ccccc3C2(Cl)c2ccccc21. The summed E-state index contributed by atoms with van der Waals surface area (Å²) in [7, 11) is 0. The van der Waals surface area contributed by atoms with Crippen molar-refractivity contribution in [2.45, 2.75) is 36.2 Å². The zero-order chi connectivity index (χ0) is 27.9. The van der Waals surface area contributed by atoms with Crippen LogP contribution in [-0.2, 0) is 35.5 Å². The van der Waals surface area contributed by atoms with Crippen molar-refractivity contribution in [1.82, 2.24) is 4.90 Å². The van der Waals surface area contributed by atoms with Crippen LogP contribution in [0.3, 0.4) is 0 Å². The summed E-state index contributed by atoms with van der Waals surface area (Å²) in [5.41, 5.74) is 3.43. The van der Waals surface area contributed by atoms with Crippen LogP contribution in [0.2, 0.25) is 10.0 Å². The lowest BCUT2D eigenvalue weighted by Crippen LogP contribution is -2.57. The number of halogens is 4. The maximum Gasteiger partial charge on any atom is 0.329 e. The van der Waals surface area contributed by atoms with Gasteiger partial charge in [0.15, 0.2) is 0 Å². The molecular weight excluding hydrogens is 580 g/mol. The van der Waals surface area contributed by atoms with Gasteiger partial charge in [-0.3, -0.25) is 14.5 Å². The summed E-state index contributed by atoms with van der Waals surface area (Å²) < 4.78 is 5.60. The average molecular weight is 603 g/mol. The maximum absolute atomic E-state index is 14.2. The summed E-state index contributed by atoms with van der Waals surface area (Å²) in [5.74, 6) is -4.17. The van der Waals surface area contributed by atoms with Gasteiger partial charge in [0.2, 0.25) is 11.8 Å². The molecule has 1 aliphatic heterocycles. The fourth-order valence-electron chi connectivity index (χ4n) is 6.51. The molecule has 3 aromatic carbocycles. The molecule has 0 aromatic heterocycles. The van der Waals surface area contributed by atoms with E-state index in [1.165, 1.54) is 0 Å². The number of hydrogen-bond acceptors (Lipinski definition) is 4. The van der Waals surface area contributed by atoms with Crippen molar-refractivity contribution >= 4 is 64.2 Å². The number of rotatable bonds is 5. The van der Waals surface area contributed by atoms with E-state index in [1.807, 2.05) is 48.5 Å². The molecule has 0 unspecified atom stereocenters. The first-order valence-corrected chi connectivity index (χ1v) is 14.1. The standard InChI is InChI=1S/C30H23Cl4NO4/c1-15(2)25(28(38)39-14-16-11-12-21(31)22(32)13-16)35-26(36)23-24(27(35)37)30(34)18-8-4-3-7-17(18)29(23,33)19-9-5-6-10-20(19)30/h3-13,15,23-25H,14H2,1-2H3/t23-,24-,25-,29?,30?/m0/s1. The molecule has 1 heterocycles. The van der Waals surface area contributed by atoms with E-state index in [4.69, 9.17) is 51.1 Å². The van der Waals surface area contributed by atoms with Crippen LogP contribution in [0.25, 0.3) is 0 Å². The molecule has 2 bridgehead atoms. The summed E-state index contributed by atoms with van der Waals surface area (Å²) in [4.78, 5) is 40.4. The van der Waals surface area contributed by atoms with Crippen LogP contribution in [0.1, 0.15) is 41.7 Å². The zero-order valence-corrected chi connectivity index (χ0v) is 24.0. The van der Waals surface area contributed by atoms with Gasteiger partial charge in [-0.05, 0) is 45.9 Å². The van der Waals surface area contributed by atoms with Crippen molar-refractivity contribution in [2.24, 2.45) is 17.8 Å². The molecule has 3 atom stereocenters. The Kier molecular flexibility index (Phi) is 6.31. The second kappa shape index (κ2) is 9.24. The molecule has 39 heavy (non-hydrogen) atoms. The third kappa shape index (κ3) is 3.56. The lowest BCUT2D eigenvalue weighted by atomic mass is 9.54. The lowest BCUT2D eigenvalue weighted by molar-refractivity contribution is -0.162. The quantitative estimate of drug-likeness (QED) is 0.186. The summed E-state index contributed by atoms with van der Waals surface area (Å²) in [5, 5.41) is 0.707. The minimum absolute atomic E-state index is 0.0994. The molecule has 3 aromatic rings. The predicted octanol–water partition coefficient (Wildman–Crippen LogP) is 6.65. The molecule has 9 heteroatoms. The number of ether oxygens (including phenoxy) is 1. The highest BCUT2D eigenvalue weighted by Crippen LogP contribution is 2.69. The summed E-state index contributed by atoms with van der Waals surface area (Å²) in [6.07, 6.45) is 0. The van der Waals surface area contributed by atoms with Crippen molar-refractivity contribution in [3.63, 3.8) is 0 Å². The molecule has 0 N–H and O–H groups in total. The minimum atomic E-state index is -1.32. The highest BCUT2D eigenvalue weighted by molar-refractivity contribution is 6.42. The minimum Gasteiger partial charge on any atom is -0.459 e. The Morgan fingerprint density at radius 2 is 1.28 bits per heavy atom. The number of imide groups is 1. The van der Waals surface area contributed by atoms with E-state index in [2.05, 4.69) is 0 Å². The van der Waals surface area contributed by atoms with E-state index < -0.39 is 51.3 Å². The fraction of sp³-hybridized carbons (Fsp3) is 0.300. The monoisotopic (exact) mass is 601 g/mol. The Morgan fingerprint density at radius 3 is 1.69 bits per heavy atom. The van der Waals surface area contributed by atoms with E-state index >= 15 is 0 Å². The van der Waals surface area contributed by atoms with Crippen LogP contribution in [0.15, 0.2) is 66.7 Å². The van der Waals surface area contributed by atoms with Crippen molar-refractivity contribution in [3.05, 3.63) is 105 Å². The van der Waals surface area contributed by atoms with Crippen LogP contribution in [0.5, 0.6) is 0 Å². The maximum atomic E-state index is 14.2. The van der Waals surface area contributed by atoms with E-state index in [-0.39, 0.29) is 6.61 Å². The molecule has 3 aliphatic carbocycles. The lowest BCUT2D eigenvalue weighted by Gasteiger charge is -2.54. The number of hydrogen-bond donors (Lipinski definition) is 0. The Morgan fingerprint density at radius 1 is 0.821 bits per heavy atom. The predicted molar refractivity (Wildman–Crippen MR) is 150 cm³/mol. The largest absolute Gasteiger partial charge is 0.459 e. The van der Waals surface area contributed by atoms with Crippen LogP contribution in [0.4, 0.5) is 0 Å². The fourth-order valence-corrected chi connectivity index (χ4v) is 7.93. The first kappa shape index (κ1) is 26.6. The molecule has 5 nitrogen and oxygen atoms in total. The van der Waals surface area contributed by atoms with Crippen molar-refractivity contribution < 1.29 is 19.1 Å². The van der Waals surface area contributed by atoms with Crippen molar-refractivity contribution in [2.75, 3.05) is 0 Å². The number of alkyl halides is 2. The number of nitrogens with zero attached hydrogens (tertiary/aromatic N) is 1. The van der Waals surface area contributed by atoms with Crippen LogP contribution in [0, 0.1) is 17.8 Å². The van der Waals surface area contributed by atoms with E-state index in [9.17, 15) is 14.4 Å². The Bertz CT molecular complexity index is 1430. The molecule has 4 aliphatic rings. The Balaban J connectivity index is 1.41. The molecule has 1 fully saturated rings. The summed E-state index contributed by atoms with van der Waals surface area (Å²) in [6.45, 7) is 3.43. The summed E-state index contributed by atoms with van der Waals surface area (Å²) >= 11 is 27.0. The van der Waals surface area contributed by atoms with E-state index in [0.29, 0.717) is 37.9 Å². The van der Waals surface area contributed by atoms with Gasteiger partial charge >= 0.3 is 5.97 Å². The summed E-state index contributed by atoms with van der Waals surface area (Å²) in [6, 6.07) is 18.5. The first-order chi connectivity index (χ1) is 18.5. The van der Waals surface area contributed by atoms with Crippen LogP contribution < -0.4 is 0 Å². The van der Waals surface area contributed by atoms with E-state index in [1.54, 1.807) is 32.0 Å².